The first kappa shape index (κ1) is 15.8. The summed E-state index contributed by atoms with van der Waals surface area (Å²) in [7, 11) is -2.34. The van der Waals surface area contributed by atoms with Gasteiger partial charge in [0.15, 0.2) is 0 Å². The smallest absolute Gasteiger partial charge is 0.207 e. The summed E-state index contributed by atoms with van der Waals surface area (Å²) in [4.78, 5) is -0.226. The third-order valence-electron chi connectivity index (χ3n) is 3.29. The molecule has 1 heterocycles. The molecule has 0 radical (unpaired) electrons. The molecular formula is C12H16ClNO4S2. The molecule has 8 heteroatoms. The summed E-state index contributed by atoms with van der Waals surface area (Å²) in [5.41, 5.74) is 0. The van der Waals surface area contributed by atoms with Gasteiger partial charge in [0.1, 0.15) is 0 Å². The van der Waals surface area contributed by atoms with Crippen LogP contribution >= 0.6 is 10.7 Å². The Morgan fingerprint density at radius 3 is 2.00 bits per heavy atom. The van der Waals surface area contributed by atoms with Crippen LogP contribution in [0.15, 0.2) is 34.1 Å². The second-order valence-electron chi connectivity index (χ2n) is 4.73. The van der Waals surface area contributed by atoms with Crippen molar-refractivity contribution in [2.45, 2.75) is 35.5 Å². The lowest BCUT2D eigenvalue weighted by molar-refractivity contribution is 0.423. The van der Waals surface area contributed by atoms with Gasteiger partial charge in [-0.25, -0.2) is 16.8 Å². The third-order valence-corrected chi connectivity index (χ3v) is 6.54. The molecule has 1 fully saturated rings. The lowest BCUT2D eigenvalue weighted by atomic mass is 10.2. The van der Waals surface area contributed by atoms with E-state index >= 15 is 0 Å². The minimum absolute atomic E-state index is 0.0267. The van der Waals surface area contributed by atoms with Gasteiger partial charge in [0.05, 0.1) is 9.79 Å². The van der Waals surface area contributed by atoms with Crippen molar-refractivity contribution < 1.29 is 16.8 Å². The van der Waals surface area contributed by atoms with E-state index in [9.17, 15) is 16.8 Å². The zero-order valence-corrected chi connectivity index (χ0v) is 13.2. The molecule has 2 rings (SSSR count). The van der Waals surface area contributed by atoms with E-state index in [1.54, 1.807) is 0 Å². The fourth-order valence-corrected chi connectivity index (χ4v) is 4.65. The maximum atomic E-state index is 12.5. The molecule has 0 amide bonds. The molecule has 0 saturated carbocycles. The van der Waals surface area contributed by atoms with Crippen LogP contribution in [0.2, 0.25) is 0 Å². The van der Waals surface area contributed by atoms with Gasteiger partial charge in [-0.1, -0.05) is 18.9 Å². The molecule has 0 aromatic heterocycles. The van der Waals surface area contributed by atoms with Crippen LogP contribution in [0.5, 0.6) is 0 Å². The molecule has 20 heavy (non-hydrogen) atoms. The van der Waals surface area contributed by atoms with Crippen LogP contribution in [-0.4, -0.2) is 34.2 Å². The highest BCUT2D eigenvalue weighted by molar-refractivity contribution is 8.13. The number of nitrogens with zero attached hydrogens (tertiary/aromatic N) is 1. The zero-order chi connectivity index (χ0) is 14.8. The van der Waals surface area contributed by atoms with Crippen LogP contribution in [0.4, 0.5) is 0 Å². The number of rotatable bonds is 3. The van der Waals surface area contributed by atoms with Gasteiger partial charge < -0.3 is 0 Å². The minimum atomic E-state index is -3.93. The Bertz CT molecular complexity index is 677. The van der Waals surface area contributed by atoms with Crippen molar-refractivity contribution in [1.29, 1.82) is 0 Å². The number of hydrogen-bond donors (Lipinski definition) is 0. The van der Waals surface area contributed by atoms with E-state index in [1.807, 2.05) is 0 Å². The summed E-state index contributed by atoms with van der Waals surface area (Å²) in [5.74, 6) is 0. The van der Waals surface area contributed by atoms with Gasteiger partial charge in [-0.2, -0.15) is 4.31 Å². The third kappa shape index (κ3) is 3.52. The fraction of sp³-hybridized carbons (Fsp3) is 0.500. The van der Waals surface area contributed by atoms with Crippen LogP contribution in [-0.2, 0) is 19.1 Å². The van der Waals surface area contributed by atoms with Crippen molar-refractivity contribution >= 4 is 29.8 Å². The molecule has 1 aliphatic heterocycles. The predicted octanol–water partition coefficient (Wildman–Crippen LogP) is 2.18. The van der Waals surface area contributed by atoms with Gasteiger partial charge in [-0.05, 0) is 31.0 Å². The van der Waals surface area contributed by atoms with Crippen molar-refractivity contribution in [3.05, 3.63) is 24.3 Å². The Balaban J connectivity index is 2.39. The summed E-state index contributed by atoms with van der Waals surface area (Å²) < 4.78 is 49.0. The highest BCUT2D eigenvalue weighted by Crippen LogP contribution is 2.23. The van der Waals surface area contributed by atoms with Crippen LogP contribution in [0.3, 0.4) is 0 Å². The number of halogens is 1. The topological polar surface area (TPSA) is 71.5 Å². The Morgan fingerprint density at radius 1 is 0.900 bits per heavy atom. The van der Waals surface area contributed by atoms with E-state index in [0.717, 1.165) is 31.7 Å². The molecule has 0 spiro atoms. The molecule has 1 aromatic carbocycles. The minimum Gasteiger partial charge on any atom is -0.207 e. The van der Waals surface area contributed by atoms with Gasteiger partial charge in [0, 0.05) is 23.8 Å². The van der Waals surface area contributed by atoms with Crippen LogP contribution < -0.4 is 0 Å². The Morgan fingerprint density at radius 2 is 1.45 bits per heavy atom. The summed E-state index contributed by atoms with van der Waals surface area (Å²) in [6.07, 6.45) is 3.68. The van der Waals surface area contributed by atoms with E-state index in [2.05, 4.69) is 0 Å². The second-order valence-corrected chi connectivity index (χ2v) is 9.23. The average Bonchev–Trinajstić information content (AvgIpc) is 2.67. The molecule has 5 nitrogen and oxygen atoms in total. The fourth-order valence-electron chi connectivity index (χ4n) is 2.22. The first-order valence-corrected chi connectivity index (χ1v) is 10.1. The summed E-state index contributed by atoms with van der Waals surface area (Å²) in [6, 6.07) is 5.18. The number of benzene rings is 1. The van der Waals surface area contributed by atoms with E-state index in [1.165, 1.54) is 22.5 Å². The normalized spacial score (nSPS) is 18.6. The number of hydrogen-bond acceptors (Lipinski definition) is 4. The summed E-state index contributed by atoms with van der Waals surface area (Å²) >= 11 is 0. The highest BCUT2D eigenvalue weighted by Gasteiger charge is 2.26. The quantitative estimate of drug-likeness (QED) is 0.792. The second kappa shape index (κ2) is 6.01. The summed E-state index contributed by atoms with van der Waals surface area (Å²) in [6.45, 7) is 0.945. The molecule has 1 aliphatic rings. The largest absolute Gasteiger partial charge is 0.261 e. The lowest BCUT2D eigenvalue weighted by Gasteiger charge is -2.20. The predicted molar refractivity (Wildman–Crippen MR) is 76.7 cm³/mol. The monoisotopic (exact) mass is 337 g/mol. The maximum Gasteiger partial charge on any atom is 0.261 e. The first-order chi connectivity index (χ1) is 9.32. The van der Waals surface area contributed by atoms with Crippen molar-refractivity contribution in [2.24, 2.45) is 0 Å². The van der Waals surface area contributed by atoms with Crippen LogP contribution in [0.25, 0.3) is 0 Å². The highest BCUT2D eigenvalue weighted by atomic mass is 35.7. The molecular weight excluding hydrogens is 322 g/mol. The van der Waals surface area contributed by atoms with Crippen molar-refractivity contribution in [3.63, 3.8) is 0 Å². The van der Waals surface area contributed by atoms with Crippen molar-refractivity contribution in [3.8, 4) is 0 Å². The lowest BCUT2D eigenvalue weighted by Crippen LogP contribution is -2.32. The Kier molecular flexibility index (Phi) is 4.73. The molecule has 0 aliphatic carbocycles. The molecule has 1 saturated heterocycles. The van der Waals surface area contributed by atoms with E-state index in [4.69, 9.17) is 10.7 Å². The zero-order valence-electron chi connectivity index (χ0n) is 10.8. The molecule has 112 valence electrons. The van der Waals surface area contributed by atoms with E-state index in [-0.39, 0.29) is 9.79 Å². The first-order valence-electron chi connectivity index (χ1n) is 6.37. The van der Waals surface area contributed by atoms with Gasteiger partial charge in [0.25, 0.3) is 9.05 Å². The Hall–Kier alpha value is -0.630. The molecule has 0 atom stereocenters. The molecule has 0 N–H and O–H groups in total. The SMILES string of the molecule is O=S(=O)(Cl)c1cccc(S(=O)(=O)N2CCCCCC2)c1. The molecule has 1 aromatic rings. The van der Waals surface area contributed by atoms with Gasteiger partial charge in [-0.15, -0.1) is 0 Å². The summed E-state index contributed by atoms with van der Waals surface area (Å²) in [5, 5.41) is 0. The standard InChI is InChI=1S/C12H16ClNO4S2/c13-19(15,16)11-6-5-7-12(10-11)20(17,18)14-8-3-1-2-4-9-14/h5-7,10H,1-4,8-9H2. The van der Waals surface area contributed by atoms with Crippen molar-refractivity contribution in [2.75, 3.05) is 13.1 Å². The van der Waals surface area contributed by atoms with Crippen LogP contribution in [0.1, 0.15) is 25.7 Å². The van der Waals surface area contributed by atoms with Gasteiger partial charge >= 0.3 is 0 Å². The van der Waals surface area contributed by atoms with Gasteiger partial charge in [0.2, 0.25) is 10.0 Å². The molecule has 0 unspecified atom stereocenters. The van der Waals surface area contributed by atoms with Crippen LogP contribution in [0, 0.1) is 0 Å². The van der Waals surface area contributed by atoms with E-state index in [0.29, 0.717) is 13.1 Å². The van der Waals surface area contributed by atoms with E-state index < -0.39 is 19.1 Å². The number of sulfonamides is 1. The molecule has 0 bridgehead atoms. The average molecular weight is 338 g/mol. The maximum absolute atomic E-state index is 12.5. The van der Waals surface area contributed by atoms with Crippen molar-refractivity contribution in [1.82, 2.24) is 4.31 Å². The van der Waals surface area contributed by atoms with Gasteiger partial charge in [-0.3, -0.25) is 0 Å². The Labute approximate surface area is 124 Å².